The van der Waals surface area contributed by atoms with Crippen LogP contribution in [-0.4, -0.2) is 6.61 Å². The first-order valence-corrected chi connectivity index (χ1v) is 13.5. The van der Waals surface area contributed by atoms with Crippen molar-refractivity contribution in [2.24, 2.45) is 0 Å². The molecule has 1 aromatic rings. The Hall–Kier alpha value is 0.766. The van der Waals surface area contributed by atoms with Crippen LogP contribution in [0.25, 0.3) is 0 Å². The van der Waals surface area contributed by atoms with E-state index in [9.17, 15) is 9.46 Å². The minimum absolute atomic E-state index is 0. The van der Waals surface area contributed by atoms with Crippen molar-refractivity contribution in [2.45, 2.75) is 110 Å². The van der Waals surface area contributed by atoms with Gasteiger partial charge < -0.3 is 9.42 Å². The zero-order valence-corrected chi connectivity index (χ0v) is 23.9. The van der Waals surface area contributed by atoms with E-state index in [0.717, 1.165) is 19.3 Å². The normalized spacial score (nSPS) is 12.8. The van der Waals surface area contributed by atoms with Crippen molar-refractivity contribution in [3.63, 3.8) is 0 Å². The number of para-hydroxylation sites is 1. The minimum Gasteiger partial charge on any atom is -0.744 e. The molecule has 0 saturated carbocycles. The molecular formula is C24H42KO5P. The Bertz CT molecular complexity index is 544. The van der Waals surface area contributed by atoms with Crippen LogP contribution in [0.5, 0.6) is 5.75 Å². The Morgan fingerprint density at radius 1 is 0.710 bits per heavy atom. The average Bonchev–Trinajstić information content (AvgIpc) is 2.73. The summed E-state index contributed by atoms with van der Waals surface area (Å²) in [6.07, 6.45) is 20.7. The quantitative estimate of drug-likeness (QED) is 0.0835. The summed E-state index contributed by atoms with van der Waals surface area (Å²) in [6, 6.07) is 8.24. The number of phosphoric ester groups is 1. The van der Waals surface area contributed by atoms with Gasteiger partial charge in [-0.05, 0) is 18.6 Å². The van der Waals surface area contributed by atoms with Crippen molar-refractivity contribution < 1.29 is 74.9 Å². The summed E-state index contributed by atoms with van der Waals surface area (Å²) in [5.74, 6) is 0.210. The van der Waals surface area contributed by atoms with E-state index in [2.05, 4.69) is 11.6 Å². The summed E-state index contributed by atoms with van der Waals surface area (Å²) >= 11 is 0. The molecule has 0 aliphatic rings. The predicted molar refractivity (Wildman–Crippen MR) is 121 cm³/mol. The molecule has 31 heavy (non-hydrogen) atoms. The minimum atomic E-state index is -4.48. The van der Waals surface area contributed by atoms with Crippen LogP contribution in [0.4, 0.5) is 0 Å². The van der Waals surface area contributed by atoms with Crippen molar-refractivity contribution in [1.29, 1.82) is 0 Å². The second-order valence-corrected chi connectivity index (χ2v) is 9.28. The maximum absolute atomic E-state index is 11.6. The summed E-state index contributed by atoms with van der Waals surface area (Å²) in [5.41, 5.74) is 0. The van der Waals surface area contributed by atoms with Crippen molar-refractivity contribution in [2.75, 3.05) is 6.61 Å². The van der Waals surface area contributed by atoms with Gasteiger partial charge in [0.05, 0.1) is 6.61 Å². The molecule has 1 rings (SSSR count). The van der Waals surface area contributed by atoms with Gasteiger partial charge in [-0.15, -0.1) is 0 Å². The summed E-state index contributed by atoms with van der Waals surface area (Å²) < 4.78 is 20.9. The molecule has 7 heteroatoms. The molecule has 0 aromatic heterocycles. The zero-order valence-electron chi connectivity index (χ0n) is 19.9. The fraction of sp³-hybridized carbons (Fsp3) is 0.750. The maximum atomic E-state index is 11.6. The van der Waals surface area contributed by atoms with Gasteiger partial charge in [-0.2, -0.15) is 4.67 Å². The van der Waals surface area contributed by atoms with Gasteiger partial charge in [-0.3, -0.25) is 4.57 Å². The molecule has 5 nitrogen and oxygen atoms in total. The van der Waals surface area contributed by atoms with Crippen LogP contribution >= 0.6 is 7.82 Å². The zero-order chi connectivity index (χ0) is 21.8. The smallest absolute Gasteiger partial charge is 0.744 e. The van der Waals surface area contributed by atoms with E-state index in [-0.39, 0.29) is 63.7 Å². The van der Waals surface area contributed by atoms with Crippen LogP contribution in [0.15, 0.2) is 30.3 Å². The van der Waals surface area contributed by atoms with E-state index in [1.807, 2.05) is 0 Å². The molecule has 0 bridgehead atoms. The third kappa shape index (κ3) is 21.1. The van der Waals surface area contributed by atoms with E-state index >= 15 is 0 Å². The second-order valence-electron chi connectivity index (χ2n) is 8.05. The van der Waals surface area contributed by atoms with Crippen molar-refractivity contribution in [1.82, 2.24) is 0 Å². The summed E-state index contributed by atoms with van der Waals surface area (Å²) in [7, 11) is -4.48. The Balaban J connectivity index is 0.00000900. The van der Waals surface area contributed by atoms with Gasteiger partial charge in [0, 0.05) is 0 Å². The number of hydrogen-bond acceptors (Lipinski definition) is 5. The topological polar surface area (TPSA) is 67.8 Å². The first kappa shape index (κ1) is 31.8. The van der Waals surface area contributed by atoms with Gasteiger partial charge in [0.2, 0.25) is 0 Å². The Morgan fingerprint density at radius 2 is 1.13 bits per heavy atom. The Labute approximate surface area is 233 Å². The molecule has 0 heterocycles. The summed E-state index contributed by atoms with van der Waals surface area (Å²) in [4.78, 5) is 16.4. The fourth-order valence-corrected chi connectivity index (χ4v) is 4.05. The van der Waals surface area contributed by atoms with E-state index in [1.165, 1.54) is 83.5 Å². The van der Waals surface area contributed by atoms with Crippen LogP contribution < -0.4 is 60.8 Å². The largest absolute Gasteiger partial charge is 1.00 e. The molecule has 0 aliphatic heterocycles. The number of unbranched alkanes of at least 4 members (excludes halogenated alkanes) is 15. The maximum Gasteiger partial charge on any atom is 1.00 e. The first-order chi connectivity index (χ1) is 14.6. The first-order valence-electron chi connectivity index (χ1n) is 12.0. The number of benzene rings is 1. The molecule has 1 aromatic carbocycles. The molecule has 0 N–H and O–H groups in total. The van der Waals surface area contributed by atoms with Crippen molar-refractivity contribution >= 4 is 7.82 Å². The molecule has 0 fully saturated rings. The van der Waals surface area contributed by atoms with Gasteiger partial charge in [0.1, 0.15) is 5.75 Å². The van der Waals surface area contributed by atoms with Gasteiger partial charge in [0.25, 0.3) is 0 Å². The van der Waals surface area contributed by atoms with Crippen molar-refractivity contribution in [3.05, 3.63) is 30.3 Å². The Morgan fingerprint density at radius 3 is 1.58 bits per heavy atom. The third-order valence-corrected chi connectivity index (χ3v) is 5.91. The average molecular weight is 481 g/mol. The Kier molecular flexibility index (Phi) is 23.1. The van der Waals surface area contributed by atoms with Gasteiger partial charge in [0.15, 0.2) is 0 Å². The molecule has 1 atom stereocenters. The second kappa shape index (κ2) is 22.6. The molecule has 0 radical (unpaired) electrons. The standard InChI is InChI=1S/C24H43O5P.K/c1-2-3-4-5-6-7-8-9-10-11-12-13-14-15-16-20-23-27-29-30(25,26)28-24-21-18-17-19-22-24;/h17-19,21-22H,2-16,20,23H2,1H3,(H,25,26);/q;+1/p-1. The van der Waals surface area contributed by atoms with Gasteiger partial charge >= 0.3 is 59.2 Å². The summed E-state index contributed by atoms with van der Waals surface area (Å²) in [6.45, 7) is 2.52. The molecule has 0 saturated heterocycles. The number of rotatable bonds is 21. The molecule has 174 valence electrons. The fourth-order valence-electron chi connectivity index (χ4n) is 3.44. The van der Waals surface area contributed by atoms with Gasteiger partial charge in [-0.1, -0.05) is 121 Å². The molecular weight excluding hydrogens is 438 g/mol. The molecule has 0 amide bonds. The monoisotopic (exact) mass is 480 g/mol. The van der Waals surface area contributed by atoms with Crippen LogP contribution in [0.1, 0.15) is 110 Å². The van der Waals surface area contributed by atoms with Crippen LogP contribution in [0.2, 0.25) is 0 Å². The third-order valence-electron chi connectivity index (χ3n) is 5.19. The van der Waals surface area contributed by atoms with Crippen LogP contribution in [-0.2, 0) is 14.1 Å². The van der Waals surface area contributed by atoms with E-state index < -0.39 is 7.82 Å². The van der Waals surface area contributed by atoms with Crippen molar-refractivity contribution in [3.8, 4) is 5.75 Å². The van der Waals surface area contributed by atoms with Crippen LogP contribution in [0, 0.1) is 0 Å². The SMILES string of the molecule is CCCCCCCCCCCCCCCCCCOOP(=O)([O-])Oc1ccccc1.[K+]. The number of hydrogen-bond donors (Lipinski definition) is 0. The van der Waals surface area contributed by atoms with Gasteiger partial charge in [-0.25, -0.2) is 4.89 Å². The molecule has 0 spiro atoms. The predicted octanol–water partition coefficient (Wildman–Crippen LogP) is 4.75. The number of phosphoric acid groups is 1. The molecule has 1 unspecified atom stereocenters. The van der Waals surface area contributed by atoms with E-state index in [1.54, 1.807) is 30.3 Å². The van der Waals surface area contributed by atoms with Crippen LogP contribution in [0.3, 0.4) is 0 Å². The summed E-state index contributed by atoms with van der Waals surface area (Å²) in [5, 5.41) is 0. The van der Waals surface area contributed by atoms with E-state index in [4.69, 9.17) is 9.41 Å². The van der Waals surface area contributed by atoms with E-state index in [0.29, 0.717) is 0 Å². The molecule has 0 aliphatic carbocycles.